The zero-order chi connectivity index (χ0) is 11.7. The van der Waals surface area contributed by atoms with Gasteiger partial charge in [-0.2, -0.15) is 0 Å². The molecule has 0 fully saturated rings. The van der Waals surface area contributed by atoms with Gasteiger partial charge in [0.25, 0.3) is 0 Å². The summed E-state index contributed by atoms with van der Waals surface area (Å²) in [5, 5.41) is 0. The molecule has 1 unspecified atom stereocenters. The Labute approximate surface area is 94.0 Å². The first-order valence-corrected chi connectivity index (χ1v) is 5.15. The summed E-state index contributed by atoms with van der Waals surface area (Å²) < 4.78 is 5.65. The standard InChI is InChI=1S/C11H15N3O2/c1-7-5-14(6-11(13)15)9-4-8(12)2-3-10(9)16-7/h2-4,7H,5-6,12H2,1H3,(H2,13,15). The van der Waals surface area contributed by atoms with E-state index in [-0.39, 0.29) is 18.6 Å². The lowest BCUT2D eigenvalue weighted by molar-refractivity contribution is -0.116. The maximum absolute atomic E-state index is 11.0. The van der Waals surface area contributed by atoms with Crippen LogP contribution in [0.25, 0.3) is 0 Å². The van der Waals surface area contributed by atoms with E-state index in [0.717, 1.165) is 11.4 Å². The molecule has 1 atom stereocenters. The molecule has 16 heavy (non-hydrogen) atoms. The van der Waals surface area contributed by atoms with E-state index in [9.17, 15) is 4.79 Å². The normalized spacial score (nSPS) is 18.8. The van der Waals surface area contributed by atoms with E-state index in [2.05, 4.69) is 0 Å². The van der Waals surface area contributed by atoms with Gasteiger partial charge >= 0.3 is 0 Å². The molecular weight excluding hydrogens is 206 g/mol. The van der Waals surface area contributed by atoms with Crippen molar-refractivity contribution in [1.29, 1.82) is 0 Å². The first-order chi connectivity index (χ1) is 7.56. The highest BCUT2D eigenvalue weighted by Crippen LogP contribution is 2.34. The number of carbonyl (C=O) groups is 1. The van der Waals surface area contributed by atoms with E-state index in [1.54, 1.807) is 12.1 Å². The van der Waals surface area contributed by atoms with Crippen LogP contribution in [0.4, 0.5) is 11.4 Å². The van der Waals surface area contributed by atoms with Crippen LogP contribution in [0, 0.1) is 0 Å². The molecule has 1 aromatic rings. The Kier molecular flexibility index (Phi) is 2.60. The summed E-state index contributed by atoms with van der Waals surface area (Å²) in [5.41, 5.74) is 12.4. The van der Waals surface area contributed by atoms with Crippen LogP contribution < -0.4 is 21.1 Å². The van der Waals surface area contributed by atoms with Crippen molar-refractivity contribution < 1.29 is 9.53 Å². The number of fused-ring (bicyclic) bond motifs is 1. The second-order valence-electron chi connectivity index (χ2n) is 4.00. The Balaban J connectivity index is 2.35. The average molecular weight is 221 g/mol. The van der Waals surface area contributed by atoms with Crippen molar-refractivity contribution in [2.75, 3.05) is 23.7 Å². The molecule has 0 bridgehead atoms. The van der Waals surface area contributed by atoms with Crippen LogP contribution in [-0.4, -0.2) is 25.1 Å². The van der Waals surface area contributed by atoms with Gasteiger partial charge in [-0.25, -0.2) is 0 Å². The van der Waals surface area contributed by atoms with Crippen molar-refractivity contribution in [3.8, 4) is 5.75 Å². The SMILES string of the molecule is CC1CN(CC(N)=O)c2cc(N)ccc2O1. The number of nitrogen functional groups attached to an aromatic ring is 1. The number of nitrogens with two attached hydrogens (primary N) is 2. The molecule has 2 rings (SSSR count). The second-order valence-corrected chi connectivity index (χ2v) is 4.00. The summed E-state index contributed by atoms with van der Waals surface area (Å²) in [7, 11) is 0. The molecule has 1 aliphatic heterocycles. The smallest absolute Gasteiger partial charge is 0.236 e. The van der Waals surface area contributed by atoms with Gasteiger partial charge in [0.15, 0.2) is 0 Å². The minimum Gasteiger partial charge on any atom is -0.487 e. The number of benzene rings is 1. The van der Waals surface area contributed by atoms with E-state index in [1.807, 2.05) is 17.9 Å². The highest BCUT2D eigenvalue weighted by Gasteiger charge is 2.23. The Hall–Kier alpha value is -1.91. The maximum atomic E-state index is 11.0. The Morgan fingerprint density at radius 3 is 3.06 bits per heavy atom. The van der Waals surface area contributed by atoms with Gasteiger partial charge in [-0.05, 0) is 25.1 Å². The topological polar surface area (TPSA) is 81.6 Å². The van der Waals surface area contributed by atoms with Crippen molar-refractivity contribution in [2.45, 2.75) is 13.0 Å². The van der Waals surface area contributed by atoms with E-state index >= 15 is 0 Å². The number of anilines is 2. The van der Waals surface area contributed by atoms with Crippen LogP contribution in [0.1, 0.15) is 6.92 Å². The molecule has 1 amide bonds. The van der Waals surface area contributed by atoms with Crippen molar-refractivity contribution in [1.82, 2.24) is 0 Å². The molecule has 0 aliphatic carbocycles. The molecule has 5 nitrogen and oxygen atoms in total. The fourth-order valence-corrected chi connectivity index (χ4v) is 1.88. The van der Waals surface area contributed by atoms with Gasteiger partial charge in [-0.3, -0.25) is 4.79 Å². The van der Waals surface area contributed by atoms with Gasteiger partial charge in [-0.1, -0.05) is 0 Å². The van der Waals surface area contributed by atoms with Crippen molar-refractivity contribution in [2.24, 2.45) is 5.73 Å². The van der Waals surface area contributed by atoms with Crippen LogP contribution in [0.15, 0.2) is 18.2 Å². The van der Waals surface area contributed by atoms with E-state index in [0.29, 0.717) is 12.2 Å². The quantitative estimate of drug-likeness (QED) is 0.706. The number of carbonyl (C=O) groups excluding carboxylic acids is 1. The zero-order valence-electron chi connectivity index (χ0n) is 9.14. The van der Waals surface area contributed by atoms with E-state index in [4.69, 9.17) is 16.2 Å². The van der Waals surface area contributed by atoms with Crippen LogP contribution in [0.2, 0.25) is 0 Å². The first kappa shape index (κ1) is 10.6. The third-order valence-corrected chi connectivity index (χ3v) is 2.48. The zero-order valence-corrected chi connectivity index (χ0v) is 9.14. The van der Waals surface area contributed by atoms with Crippen LogP contribution in [0.3, 0.4) is 0 Å². The summed E-state index contributed by atoms with van der Waals surface area (Å²) in [5.74, 6) is 0.386. The van der Waals surface area contributed by atoms with Gasteiger partial charge in [0, 0.05) is 5.69 Å². The van der Waals surface area contributed by atoms with E-state index in [1.165, 1.54) is 0 Å². The van der Waals surface area contributed by atoms with Gasteiger partial charge in [0.1, 0.15) is 11.9 Å². The first-order valence-electron chi connectivity index (χ1n) is 5.15. The largest absolute Gasteiger partial charge is 0.487 e. The highest BCUT2D eigenvalue weighted by molar-refractivity contribution is 5.81. The maximum Gasteiger partial charge on any atom is 0.236 e. The van der Waals surface area contributed by atoms with Crippen LogP contribution >= 0.6 is 0 Å². The molecule has 1 aromatic carbocycles. The lowest BCUT2D eigenvalue weighted by atomic mass is 10.2. The third-order valence-electron chi connectivity index (χ3n) is 2.48. The Morgan fingerprint density at radius 2 is 2.38 bits per heavy atom. The molecule has 1 heterocycles. The highest BCUT2D eigenvalue weighted by atomic mass is 16.5. The summed E-state index contributed by atoms with van der Waals surface area (Å²) in [6, 6.07) is 5.39. The number of rotatable bonds is 2. The summed E-state index contributed by atoms with van der Waals surface area (Å²) in [6.07, 6.45) is 0.0375. The lowest BCUT2D eigenvalue weighted by Crippen LogP contribution is -2.43. The third kappa shape index (κ3) is 2.03. The monoisotopic (exact) mass is 221 g/mol. The molecule has 86 valence electrons. The minimum absolute atomic E-state index is 0.0375. The molecule has 0 radical (unpaired) electrons. The summed E-state index contributed by atoms with van der Waals surface area (Å²) >= 11 is 0. The van der Waals surface area contributed by atoms with Gasteiger partial charge in [0.05, 0.1) is 18.8 Å². The molecule has 1 aliphatic rings. The minimum atomic E-state index is -0.359. The number of hydrogen-bond donors (Lipinski definition) is 2. The van der Waals surface area contributed by atoms with Gasteiger partial charge in [0.2, 0.25) is 5.91 Å². The molecule has 0 saturated heterocycles. The average Bonchev–Trinajstić information content (AvgIpc) is 2.18. The number of nitrogens with zero attached hydrogens (tertiary/aromatic N) is 1. The second kappa shape index (κ2) is 3.92. The lowest BCUT2D eigenvalue weighted by Gasteiger charge is -2.34. The van der Waals surface area contributed by atoms with Gasteiger partial charge < -0.3 is 21.1 Å². The Bertz CT molecular complexity index is 420. The van der Waals surface area contributed by atoms with E-state index < -0.39 is 0 Å². The number of ether oxygens (including phenoxy) is 1. The fraction of sp³-hybridized carbons (Fsp3) is 0.364. The predicted octanol–water partition coefficient (Wildman–Crippen LogP) is 0.341. The molecular formula is C11H15N3O2. The van der Waals surface area contributed by atoms with Crippen molar-refractivity contribution >= 4 is 17.3 Å². The van der Waals surface area contributed by atoms with Crippen molar-refractivity contribution in [3.05, 3.63) is 18.2 Å². The fourth-order valence-electron chi connectivity index (χ4n) is 1.88. The molecule has 4 N–H and O–H groups in total. The number of primary amides is 1. The molecule has 0 saturated carbocycles. The van der Waals surface area contributed by atoms with Gasteiger partial charge in [-0.15, -0.1) is 0 Å². The molecule has 0 aromatic heterocycles. The number of amides is 1. The number of hydrogen-bond acceptors (Lipinski definition) is 4. The Morgan fingerprint density at radius 1 is 1.62 bits per heavy atom. The predicted molar refractivity (Wildman–Crippen MR) is 62.4 cm³/mol. The molecule has 0 spiro atoms. The molecule has 5 heteroatoms. The summed E-state index contributed by atoms with van der Waals surface area (Å²) in [4.78, 5) is 12.9. The van der Waals surface area contributed by atoms with Crippen LogP contribution in [0.5, 0.6) is 5.75 Å². The van der Waals surface area contributed by atoms with Crippen LogP contribution in [-0.2, 0) is 4.79 Å². The van der Waals surface area contributed by atoms with Crippen molar-refractivity contribution in [3.63, 3.8) is 0 Å². The summed E-state index contributed by atoms with van der Waals surface area (Å²) in [6.45, 7) is 2.77.